The van der Waals surface area contributed by atoms with E-state index in [0.717, 1.165) is 11.3 Å². The predicted molar refractivity (Wildman–Crippen MR) is 211 cm³/mol. The normalized spacial score (nSPS) is 24.3. The monoisotopic (exact) mass is 825 g/mol. The van der Waals surface area contributed by atoms with E-state index in [1.165, 1.54) is 31.2 Å². The van der Waals surface area contributed by atoms with Gasteiger partial charge in [-0.3, -0.25) is 23.7 Å². The van der Waals surface area contributed by atoms with E-state index in [1.54, 1.807) is 52.5 Å². The highest BCUT2D eigenvalue weighted by molar-refractivity contribution is 7.57. The molecule has 8 atom stereocenters. The van der Waals surface area contributed by atoms with Crippen molar-refractivity contribution in [3.63, 3.8) is 0 Å². The fraction of sp³-hybridized carbons (Fsp3) is 0.462. The number of anilines is 1. The molecule has 14 nitrogen and oxygen atoms in total. The van der Waals surface area contributed by atoms with Crippen LogP contribution in [0, 0.1) is 0 Å². The average Bonchev–Trinajstić information content (AvgIpc) is 4.02. The zero-order valence-electron chi connectivity index (χ0n) is 31.6. The molecule has 2 aromatic heterocycles. The number of hydrogen-bond acceptors (Lipinski definition) is 10. The highest BCUT2D eigenvalue weighted by Gasteiger charge is 2.46. The first-order chi connectivity index (χ1) is 27.4. The summed E-state index contributed by atoms with van der Waals surface area (Å²) in [5.41, 5.74) is 0.00171. The summed E-state index contributed by atoms with van der Waals surface area (Å²) in [6, 6.07) is 10.4. The van der Waals surface area contributed by atoms with E-state index in [1.807, 2.05) is 6.92 Å². The lowest BCUT2D eigenvalue weighted by molar-refractivity contribution is -0.145. The summed E-state index contributed by atoms with van der Waals surface area (Å²) in [6.07, 6.45) is 5.25. The van der Waals surface area contributed by atoms with Crippen molar-refractivity contribution in [3.8, 4) is 5.75 Å². The molecule has 304 valence electrons. The van der Waals surface area contributed by atoms with E-state index in [2.05, 4.69) is 25.7 Å². The molecular formula is C39H46F2N7O7PS. The molecule has 0 aliphatic carbocycles. The van der Waals surface area contributed by atoms with E-state index in [9.17, 15) is 23.7 Å². The zero-order valence-corrected chi connectivity index (χ0v) is 33.3. The number of rotatable bonds is 14. The quantitative estimate of drug-likeness (QED) is 0.0902. The lowest BCUT2D eigenvalue weighted by atomic mass is 10.1. The summed E-state index contributed by atoms with van der Waals surface area (Å²) in [7, 11) is -4.46. The van der Waals surface area contributed by atoms with Crippen molar-refractivity contribution in [1.82, 2.24) is 30.6 Å². The second kappa shape index (κ2) is 17.3. The fourth-order valence-electron chi connectivity index (χ4n) is 7.71. The summed E-state index contributed by atoms with van der Waals surface area (Å²) in [6.45, 7) is 3.72. The summed E-state index contributed by atoms with van der Waals surface area (Å²) >= 11 is 1.15. The lowest BCUT2D eigenvalue weighted by Gasteiger charge is -2.31. The van der Waals surface area contributed by atoms with Crippen molar-refractivity contribution in [1.29, 1.82) is 0 Å². The van der Waals surface area contributed by atoms with Crippen LogP contribution in [-0.4, -0.2) is 94.6 Å². The molecule has 3 fully saturated rings. The van der Waals surface area contributed by atoms with Crippen molar-refractivity contribution in [2.75, 3.05) is 24.6 Å². The van der Waals surface area contributed by atoms with Gasteiger partial charge >= 0.3 is 13.5 Å². The number of carbonyl (C=O) groups excluding carboxylic acids is 4. The van der Waals surface area contributed by atoms with Gasteiger partial charge in [-0.15, -0.1) is 11.3 Å². The van der Waals surface area contributed by atoms with E-state index in [0.29, 0.717) is 54.6 Å². The largest absolute Gasteiger partial charge is 0.465 e. The number of hydrogen-bond donors (Lipinski definition) is 4. The third-order valence-electron chi connectivity index (χ3n) is 10.6. The van der Waals surface area contributed by atoms with Crippen LogP contribution in [0.25, 0.3) is 10.1 Å². The van der Waals surface area contributed by atoms with Gasteiger partial charge in [-0.1, -0.05) is 31.2 Å². The summed E-state index contributed by atoms with van der Waals surface area (Å²) in [5, 5.41) is 8.77. The molecule has 1 unspecified atom stereocenters. The molecule has 3 amide bonds. The number of halogens is 2. The van der Waals surface area contributed by atoms with Gasteiger partial charge in [-0.25, -0.2) is 18.9 Å². The van der Waals surface area contributed by atoms with Crippen molar-refractivity contribution >= 4 is 58.6 Å². The molecule has 3 aliphatic heterocycles. The topological polar surface area (TPSA) is 175 Å². The number of alkyl halides is 2. The number of para-hydroxylation sites is 1. The molecule has 5 heterocycles. The van der Waals surface area contributed by atoms with Crippen molar-refractivity contribution < 1.29 is 41.8 Å². The molecule has 57 heavy (non-hydrogen) atoms. The third kappa shape index (κ3) is 8.85. The number of aromatic amines is 1. The maximum Gasteiger partial charge on any atom is 0.355 e. The minimum absolute atomic E-state index is 0.00171. The molecule has 0 radical (unpaired) electrons. The van der Waals surface area contributed by atoms with Gasteiger partial charge in [0, 0.05) is 29.7 Å². The Morgan fingerprint density at radius 3 is 2.63 bits per heavy atom. The number of esters is 1. The maximum atomic E-state index is 16.5. The number of H-pyrrole nitrogens is 1. The standard InChI is InChI=1S/C39H46F2N7O7PS/c1-3-18-54-38(52)23(2)46-56(53,55-27-9-5-4-6-10-27)34(41)24-12-15-32-25(19-24)20-33(57-32)36(50)44-29-11-7-8-26-13-14-31(48(26)37(29)51)35(49)45-30-22-47(21-28(30)40)39-42-16-17-43-39/h4-6,9-10,12,15-17,19-20,23,26,28-31,34H,3,7-8,11,13-14,18,21-22H2,1-2H3,(H,42,43)(H,44,50)(H,45,49)(H,46,53)/t23-,26-,28-,29-,30-,31-,34+,56?/m0/s1. The van der Waals surface area contributed by atoms with Crippen LogP contribution in [0.2, 0.25) is 0 Å². The van der Waals surface area contributed by atoms with Gasteiger partial charge in [0.05, 0.1) is 24.1 Å². The molecule has 4 aromatic rings. The van der Waals surface area contributed by atoms with Crippen molar-refractivity contribution in [3.05, 3.63) is 77.4 Å². The van der Waals surface area contributed by atoms with Gasteiger partial charge in [0.2, 0.25) is 23.7 Å². The highest BCUT2D eigenvalue weighted by atomic mass is 32.1. The van der Waals surface area contributed by atoms with Gasteiger partial charge in [0.1, 0.15) is 30.0 Å². The molecule has 4 N–H and O–H groups in total. The van der Waals surface area contributed by atoms with Crippen molar-refractivity contribution in [2.24, 2.45) is 0 Å². The SMILES string of the molecule is CCCOC(=O)[C@H](C)NP(=O)(Oc1ccccc1)[C@@H](F)c1ccc2sc(C(=O)N[C@H]3CCC[C@H]4CC[C@@H](C(=O)N[C@H]5CN(c6ncc[nH]6)C[C@@H]5F)N4C3=O)cc2c1. The van der Waals surface area contributed by atoms with Gasteiger partial charge in [0.25, 0.3) is 5.91 Å². The Bertz CT molecular complexity index is 2130. The van der Waals surface area contributed by atoms with Gasteiger partial charge in [-0.05, 0) is 86.7 Å². The Morgan fingerprint density at radius 1 is 1.07 bits per heavy atom. The first-order valence-electron chi connectivity index (χ1n) is 19.2. The van der Waals surface area contributed by atoms with Crippen LogP contribution < -0.4 is 25.1 Å². The number of thiophene rings is 1. The molecule has 2 aromatic carbocycles. The first kappa shape index (κ1) is 40.3. The van der Waals surface area contributed by atoms with Gasteiger partial charge in [0.15, 0.2) is 0 Å². The minimum Gasteiger partial charge on any atom is -0.465 e. The Hall–Kier alpha value is -4.86. The van der Waals surface area contributed by atoms with Crippen LogP contribution in [-0.2, 0) is 23.7 Å². The van der Waals surface area contributed by atoms with Gasteiger partial charge < -0.3 is 34.7 Å². The molecule has 3 aliphatic rings. The minimum atomic E-state index is -4.46. The number of benzene rings is 2. The lowest BCUT2D eigenvalue weighted by Crippen LogP contribution is -2.56. The Labute approximate surface area is 332 Å². The molecule has 0 saturated carbocycles. The number of fused-ring (bicyclic) bond motifs is 2. The zero-order chi connectivity index (χ0) is 40.3. The van der Waals surface area contributed by atoms with E-state index < -0.39 is 61.6 Å². The Morgan fingerprint density at radius 2 is 1.88 bits per heavy atom. The summed E-state index contributed by atoms with van der Waals surface area (Å²) in [5.74, 6) is -3.53. The number of carbonyl (C=O) groups is 4. The number of nitrogens with one attached hydrogen (secondary N) is 4. The van der Waals surface area contributed by atoms with Crippen LogP contribution in [0.3, 0.4) is 0 Å². The second-order valence-corrected chi connectivity index (χ2v) is 17.8. The molecular weight excluding hydrogens is 780 g/mol. The van der Waals surface area contributed by atoms with Crippen molar-refractivity contribution in [2.45, 2.75) is 94.7 Å². The molecule has 0 bridgehead atoms. The van der Waals surface area contributed by atoms with Crippen LogP contribution in [0.1, 0.15) is 73.5 Å². The summed E-state index contributed by atoms with van der Waals surface area (Å²) in [4.78, 5) is 64.6. The molecule has 0 spiro atoms. The Balaban J connectivity index is 1.03. The van der Waals surface area contributed by atoms with Crippen LogP contribution in [0.5, 0.6) is 5.75 Å². The predicted octanol–water partition coefficient (Wildman–Crippen LogP) is 5.78. The van der Waals surface area contributed by atoms with E-state index in [4.69, 9.17) is 9.26 Å². The molecule has 7 rings (SSSR count). The third-order valence-corrected chi connectivity index (χ3v) is 13.8. The fourth-order valence-corrected chi connectivity index (χ4v) is 10.6. The summed E-state index contributed by atoms with van der Waals surface area (Å²) < 4.78 is 57.3. The number of imidazole rings is 1. The van der Waals surface area contributed by atoms with Crippen LogP contribution >= 0.6 is 18.9 Å². The number of amides is 3. The van der Waals surface area contributed by atoms with Crippen LogP contribution in [0.4, 0.5) is 14.7 Å². The number of nitrogens with zero attached hydrogens (tertiary/aromatic N) is 3. The second-order valence-electron chi connectivity index (χ2n) is 14.7. The highest BCUT2D eigenvalue weighted by Crippen LogP contribution is 2.58. The van der Waals surface area contributed by atoms with E-state index >= 15 is 8.78 Å². The molecule has 18 heteroatoms. The van der Waals surface area contributed by atoms with Crippen LogP contribution in [0.15, 0.2) is 67.0 Å². The number of aromatic nitrogens is 2. The van der Waals surface area contributed by atoms with E-state index in [-0.39, 0.29) is 47.8 Å². The Kier molecular flexibility index (Phi) is 12.3. The average molecular weight is 826 g/mol. The smallest absolute Gasteiger partial charge is 0.355 e. The number of ether oxygens (including phenoxy) is 1. The van der Waals surface area contributed by atoms with Gasteiger partial charge in [-0.2, -0.15) is 0 Å². The first-order valence-corrected chi connectivity index (χ1v) is 21.7. The molecule has 3 saturated heterocycles. The maximum absolute atomic E-state index is 16.5.